The average Bonchev–Trinajstić information content (AvgIpc) is 3.47. The summed E-state index contributed by atoms with van der Waals surface area (Å²) in [7, 11) is 0. The van der Waals surface area contributed by atoms with Gasteiger partial charge in [0.1, 0.15) is 5.82 Å². The van der Waals surface area contributed by atoms with Crippen LogP contribution in [0.1, 0.15) is 44.2 Å². The third-order valence-corrected chi connectivity index (χ3v) is 6.33. The Balaban J connectivity index is 1.43. The second kappa shape index (κ2) is 8.82. The molecule has 1 aromatic carbocycles. The van der Waals surface area contributed by atoms with Crippen LogP contribution in [0, 0.1) is 6.92 Å². The van der Waals surface area contributed by atoms with Gasteiger partial charge in [-0.2, -0.15) is 5.10 Å². The molecule has 0 radical (unpaired) electrons. The van der Waals surface area contributed by atoms with Gasteiger partial charge in [0.25, 0.3) is 0 Å². The van der Waals surface area contributed by atoms with Crippen LogP contribution in [0.3, 0.4) is 0 Å². The van der Waals surface area contributed by atoms with Crippen LogP contribution in [-0.2, 0) is 11.3 Å². The van der Waals surface area contributed by atoms with Crippen molar-refractivity contribution in [2.24, 2.45) is 0 Å². The second-order valence-electron chi connectivity index (χ2n) is 7.30. The van der Waals surface area contributed by atoms with Gasteiger partial charge in [-0.05, 0) is 32.3 Å². The van der Waals surface area contributed by atoms with E-state index in [0.29, 0.717) is 6.04 Å². The first-order valence-corrected chi connectivity index (χ1v) is 11.1. The Morgan fingerprint density at radius 1 is 1.21 bits per heavy atom. The zero-order valence-electron chi connectivity index (χ0n) is 16.8. The number of nitrogens with zero attached hydrogens (tertiary/aromatic N) is 5. The average molecular weight is 411 g/mol. The first-order valence-electron chi connectivity index (χ1n) is 10.1. The molecule has 0 bridgehead atoms. The fraction of sp³-hybridized carbons (Fsp3) is 0.429. The molecule has 152 valence electrons. The molecule has 0 aliphatic heterocycles. The second-order valence-corrected chi connectivity index (χ2v) is 8.24. The van der Waals surface area contributed by atoms with Gasteiger partial charge in [-0.1, -0.05) is 48.9 Å². The fourth-order valence-electron chi connectivity index (χ4n) is 3.87. The first-order chi connectivity index (χ1) is 14.2. The summed E-state index contributed by atoms with van der Waals surface area (Å²) in [5.41, 5.74) is 2.22. The summed E-state index contributed by atoms with van der Waals surface area (Å²) in [6.45, 7) is 4.88. The lowest BCUT2D eigenvalue weighted by molar-refractivity contribution is -0.113. The van der Waals surface area contributed by atoms with Crippen molar-refractivity contribution in [1.29, 1.82) is 0 Å². The number of thioether (sulfide) groups is 1. The number of benzene rings is 1. The predicted molar refractivity (Wildman–Crippen MR) is 115 cm³/mol. The molecule has 7 nitrogen and oxygen atoms in total. The van der Waals surface area contributed by atoms with Crippen LogP contribution in [0.5, 0.6) is 0 Å². The van der Waals surface area contributed by atoms with Crippen molar-refractivity contribution in [2.45, 2.75) is 57.3 Å². The SMILES string of the molecule is CCn1c(SCC(=O)Nc2ccnn2C2CCCC2)nnc1-c1ccccc1C. The molecule has 3 aromatic rings. The van der Waals surface area contributed by atoms with E-state index >= 15 is 0 Å². The van der Waals surface area contributed by atoms with Gasteiger partial charge >= 0.3 is 0 Å². The summed E-state index contributed by atoms with van der Waals surface area (Å²) < 4.78 is 4.02. The van der Waals surface area contributed by atoms with Gasteiger partial charge in [0.2, 0.25) is 5.91 Å². The van der Waals surface area contributed by atoms with Crippen LogP contribution in [-0.4, -0.2) is 36.2 Å². The predicted octanol–water partition coefficient (Wildman–Crippen LogP) is 4.32. The van der Waals surface area contributed by atoms with E-state index in [4.69, 9.17) is 0 Å². The molecular weight excluding hydrogens is 384 g/mol. The molecule has 1 aliphatic carbocycles. The minimum Gasteiger partial charge on any atom is -0.310 e. The summed E-state index contributed by atoms with van der Waals surface area (Å²) in [6.07, 6.45) is 6.46. The lowest BCUT2D eigenvalue weighted by Crippen LogP contribution is -2.19. The normalized spacial score (nSPS) is 14.4. The molecule has 2 aromatic heterocycles. The lowest BCUT2D eigenvalue weighted by Gasteiger charge is -2.14. The number of rotatable bonds is 7. The van der Waals surface area contributed by atoms with E-state index in [1.807, 2.05) is 22.9 Å². The highest BCUT2D eigenvalue weighted by Gasteiger charge is 2.21. The topological polar surface area (TPSA) is 77.6 Å². The Morgan fingerprint density at radius 3 is 2.76 bits per heavy atom. The lowest BCUT2D eigenvalue weighted by atomic mass is 10.1. The van der Waals surface area contributed by atoms with Gasteiger partial charge in [-0.3, -0.25) is 4.79 Å². The number of hydrogen-bond donors (Lipinski definition) is 1. The number of anilines is 1. The molecule has 2 heterocycles. The maximum absolute atomic E-state index is 12.6. The van der Waals surface area contributed by atoms with Gasteiger partial charge in [-0.15, -0.1) is 10.2 Å². The molecule has 0 unspecified atom stereocenters. The zero-order valence-corrected chi connectivity index (χ0v) is 17.7. The highest BCUT2D eigenvalue weighted by molar-refractivity contribution is 7.99. The number of amides is 1. The molecule has 4 rings (SSSR count). The van der Waals surface area contributed by atoms with E-state index in [0.717, 1.165) is 47.3 Å². The molecule has 1 amide bonds. The van der Waals surface area contributed by atoms with E-state index in [-0.39, 0.29) is 11.7 Å². The zero-order chi connectivity index (χ0) is 20.2. The highest BCUT2D eigenvalue weighted by atomic mass is 32.2. The quantitative estimate of drug-likeness (QED) is 0.587. The molecule has 1 aliphatic rings. The Morgan fingerprint density at radius 2 is 2.00 bits per heavy atom. The van der Waals surface area contributed by atoms with Crippen LogP contribution in [0.4, 0.5) is 5.82 Å². The van der Waals surface area contributed by atoms with Crippen molar-refractivity contribution in [3.05, 3.63) is 42.1 Å². The smallest absolute Gasteiger partial charge is 0.235 e. The highest BCUT2D eigenvalue weighted by Crippen LogP contribution is 2.31. The van der Waals surface area contributed by atoms with E-state index < -0.39 is 0 Å². The minimum atomic E-state index is -0.0576. The van der Waals surface area contributed by atoms with Gasteiger partial charge in [0.15, 0.2) is 11.0 Å². The van der Waals surface area contributed by atoms with Gasteiger partial charge in [-0.25, -0.2) is 4.68 Å². The first kappa shape index (κ1) is 19.7. The Hall–Kier alpha value is -2.61. The number of carbonyl (C=O) groups excluding carboxylic acids is 1. The molecule has 0 spiro atoms. The van der Waals surface area contributed by atoms with Crippen LogP contribution in [0.2, 0.25) is 0 Å². The van der Waals surface area contributed by atoms with Crippen LogP contribution < -0.4 is 5.32 Å². The van der Waals surface area contributed by atoms with Crippen LogP contribution in [0.15, 0.2) is 41.7 Å². The van der Waals surface area contributed by atoms with Crippen molar-refractivity contribution in [3.63, 3.8) is 0 Å². The largest absolute Gasteiger partial charge is 0.310 e. The van der Waals surface area contributed by atoms with Gasteiger partial charge in [0, 0.05) is 18.2 Å². The van der Waals surface area contributed by atoms with E-state index in [1.165, 1.54) is 24.6 Å². The van der Waals surface area contributed by atoms with Crippen LogP contribution in [0.25, 0.3) is 11.4 Å². The molecular formula is C21H26N6OS. The number of aryl methyl sites for hydroxylation is 1. The molecule has 8 heteroatoms. The van der Waals surface area contributed by atoms with E-state index in [1.54, 1.807) is 6.20 Å². The minimum absolute atomic E-state index is 0.0576. The molecule has 1 fully saturated rings. The molecule has 1 saturated carbocycles. The van der Waals surface area contributed by atoms with Gasteiger partial charge < -0.3 is 9.88 Å². The van der Waals surface area contributed by atoms with E-state index in [9.17, 15) is 4.79 Å². The van der Waals surface area contributed by atoms with Crippen molar-refractivity contribution >= 4 is 23.5 Å². The summed E-state index contributed by atoms with van der Waals surface area (Å²) in [4.78, 5) is 12.6. The molecule has 0 atom stereocenters. The number of hydrogen-bond acceptors (Lipinski definition) is 5. The standard InChI is InChI=1S/C21H26N6OS/c1-3-26-20(17-11-7-4-8-15(17)2)24-25-21(26)29-14-19(28)23-18-12-13-22-27(18)16-9-5-6-10-16/h4,7-8,11-13,16H,3,5-6,9-10,14H2,1-2H3,(H,23,28). The van der Waals surface area contributed by atoms with E-state index in [2.05, 4.69) is 51.2 Å². The summed E-state index contributed by atoms with van der Waals surface area (Å²) >= 11 is 1.41. The summed E-state index contributed by atoms with van der Waals surface area (Å²) in [5, 5.41) is 16.9. The van der Waals surface area contributed by atoms with Crippen molar-refractivity contribution in [2.75, 3.05) is 11.1 Å². The number of aromatic nitrogens is 5. The third-order valence-electron chi connectivity index (χ3n) is 5.36. The van der Waals surface area contributed by atoms with Crippen molar-refractivity contribution < 1.29 is 4.79 Å². The molecule has 29 heavy (non-hydrogen) atoms. The Kier molecular flexibility index (Phi) is 5.99. The number of carbonyl (C=O) groups is 1. The monoisotopic (exact) mass is 410 g/mol. The Labute approximate surface area is 174 Å². The Bertz CT molecular complexity index is 989. The maximum atomic E-state index is 12.6. The van der Waals surface area contributed by atoms with Gasteiger partial charge in [0.05, 0.1) is 18.0 Å². The summed E-state index contributed by atoms with van der Waals surface area (Å²) in [6, 6.07) is 10.4. The van der Waals surface area contributed by atoms with Crippen molar-refractivity contribution in [3.8, 4) is 11.4 Å². The summed E-state index contributed by atoms with van der Waals surface area (Å²) in [5.74, 6) is 1.84. The number of nitrogens with one attached hydrogen (secondary N) is 1. The fourth-order valence-corrected chi connectivity index (χ4v) is 4.67. The van der Waals surface area contributed by atoms with Crippen LogP contribution >= 0.6 is 11.8 Å². The molecule has 0 saturated heterocycles. The molecule has 1 N–H and O–H groups in total. The maximum Gasteiger partial charge on any atom is 0.235 e. The van der Waals surface area contributed by atoms with Crippen molar-refractivity contribution in [1.82, 2.24) is 24.5 Å². The third kappa shape index (κ3) is 4.22.